The van der Waals surface area contributed by atoms with Crippen molar-refractivity contribution in [3.05, 3.63) is 51.3 Å². The van der Waals surface area contributed by atoms with Gasteiger partial charge in [0.25, 0.3) is 0 Å². The first-order valence-corrected chi connectivity index (χ1v) is 7.06. The van der Waals surface area contributed by atoms with Crippen molar-refractivity contribution in [2.75, 3.05) is 0 Å². The van der Waals surface area contributed by atoms with Crippen molar-refractivity contribution in [1.82, 2.24) is 9.78 Å². The predicted octanol–water partition coefficient (Wildman–Crippen LogP) is 4.07. The summed E-state index contributed by atoms with van der Waals surface area (Å²) >= 11 is 3.42. The zero-order valence-electron chi connectivity index (χ0n) is 11.6. The molecule has 0 saturated carbocycles. The smallest absolute Gasteiger partial charge is 0.212 e. The standard InChI is InChI=1S/C15H17BrN2O/c1-9(2)18-14(13(16)8-17-18)15(19)12-6-5-10(3)7-11(12)4/h5-9H,1-4H3. The highest BCUT2D eigenvalue weighted by atomic mass is 79.9. The number of hydrogen-bond donors (Lipinski definition) is 0. The molecule has 0 bridgehead atoms. The monoisotopic (exact) mass is 320 g/mol. The Labute approximate surface area is 121 Å². The van der Waals surface area contributed by atoms with Gasteiger partial charge in [-0.25, -0.2) is 0 Å². The van der Waals surface area contributed by atoms with Crippen LogP contribution in [0.1, 0.15) is 47.1 Å². The third-order valence-corrected chi connectivity index (χ3v) is 3.66. The van der Waals surface area contributed by atoms with Crippen LogP contribution in [-0.2, 0) is 0 Å². The summed E-state index contributed by atoms with van der Waals surface area (Å²) in [6, 6.07) is 6.02. The minimum Gasteiger partial charge on any atom is -0.287 e. The van der Waals surface area contributed by atoms with Crippen LogP contribution in [-0.4, -0.2) is 15.6 Å². The van der Waals surface area contributed by atoms with E-state index in [1.165, 1.54) is 0 Å². The quantitative estimate of drug-likeness (QED) is 0.799. The van der Waals surface area contributed by atoms with E-state index in [1.54, 1.807) is 10.9 Å². The Balaban J connectivity index is 2.53. The second kappa shape index (κ2) is 5.29. The third kappa shape index (κ3) is 2.63. The van der Waals surface area contributed by atoms with E-state index >= 15 is 0 Å². The van der Waals surface area contributed by atoms with Crippen LogP contribution < -0.4 is 0 Å². The van der Waals surface area contributed by atoms with E-state index in [9.17, 15) is 4.79 Å². The van der Waals surface area contributed by atoms with Gasteiger partial charge in [0.1, 0.15) is 5.69 Å². The van der Waals surface area contributed by atoms with Gasteiger partial charge in [0, 0.05) is 11.6 Å². The maximum Gasteiger partial charge on any atom is 0.212 e. The van der Waals surface area contributed by atoms with E-state index in [4.69, 9.17) is 0 Å². The van der Waals surface area contributed by atoms with Gasteiger partial charge < -0.3 is 0 Å². The number of carbonyl (C=O) groups is 1. The summed E-state index contributed by atoms with van der Waals surface area (Å²) in [4.78, 5) is 12.7. The summed E-state index contributed by atoms with van der Waals surface area (Å²) < 4.78 is 2.50. The number of aromatic nitrogens is 2. The highest BCUT2D eigenvalue weighted by molar-refractivity contribution is 9.10. The van der Waals surface area contributed by atoms with Crippen molar-refractivity contribution in [2.24, 2.45) is 0 Å². The lowest BCUT2D eigenvalue weighted by Crippen LogP contribution is -2.14. The molecule has 1 heterocycles. The summed E-state index contributed by atoms with van der Waals surface area (Å²) in [6.45, 7) is 8.01. The number of rotatable bonds is 3. The molecular formula is C15H17BrN2O. The Morgan fingerprint density at radius 1 is 1.32 bits per heavy atom. The van der Waals surface area contributed by atoms with Gasteiger partial charge in [-0.15, -0.1) is 0 Å². The van der Waals surface area contributed by atoms with Crippen LogP contribution in [0.2, 0.25) is 0 Å². The average Bonchev–Trinajstić information content (AvgIpc) is 2.70. The van der Waals surface area contributed by atoms with Crippen LogP contribution in [0.15, 0.2) is 28.9 Å². The minimum absolute atomic E-state index is 0.00979. The van der Waals surface area contributed by atoms with E-state index in [0.717, 1.165) is 21.2 Å². The topological polar surface area (TPSA) is 34.9 Å². The largest absolute Gasteiger partial charge is 0.287 e. The van der Waals surface area contributed by atoms with E-state index in [-0.39, 0.29) is 11.8 Å². The molecule has 2 rings (SSSR count). The minimum atomic E-state index is 0.00979. The highest BCUT2D eigenvalue weighted by Gasteiger charge is 2.21. The van der Waals surface area contributed by atoms with E-state index < -0.39 is 0 Å². The molecule has 0 radical (unpaired) electrons. The molecule has 0 unspecified atom stereocenters. The van der Waals surface area contributed by atoms with Gasteiger partial charge in [-0.3, -0.25) is 9.48 Å². The summed E-state index contributed by atoms with van der Waals surface area (Å²) in [5, 5.41) is 4.26. The number of halogens is 1. The van der Waals surface area contributed by atoms with E-state index in [1.807, 2.05) is 45.9 Å². The first-order valence-electron chi connectivity index (χ1n) is 6.26. The molecule has 0 aliphatic carbocycles. The fourth-order valence-electron chi connectivity index (χ4n) is 2.14. The zero-order valence-corrected chi connectivity index (χ0v) is 13.2. The van der Waals surface area contributed by atoms with Crippen molar-refractivity contribution in [2.45, 2.75) is 33.7 Å². The summed E-state index contributed by atoms with van der Waals surface area (Å²) in [6.07, 6.45) is 1.68. The van der Waals surface area contributed by atoms with Gasteiger partial charge in [-0.05, 0) is 49.2 Å². The fourth-order valence-corrected chi connectivity index (χ4v) is 2.59. The summed E-state index contributed by atoms with van der Waals surface area (Å²) in [5.41, 5.74) is 3.49. The van der Waals surface area contributed by atoms with Gasteiger partial charge in [0.2, 0.25) is 5.78 Å². The SMILES string of the molecule is Cc1ccc(C(=O)c2c(Br)cnn2C(C)C)c(C)c1. The van der Waals surface area contributed by atoms with Gasteiger partial charge in [0.05, 0.1) is 10.7 Å². The first kappa shape index (κ1) is 14.0. The molecule has 1 aromatic carbocycles. The molecule has 2 aromatic rings. The molecule has 1 aromatic heterocycles. The molecule has 100 valence electrons. The summed E-state index contributed by atoms with van der Waals surface area (Å²) in [7, 11) is 0. The lowest BCUT2D eigenvalue weighted by molar-refractivity contribution is 0.102. The fraction of sp³-hybridized carbons (Fsp3) is 0.333. The first-order chi connectivity index (χ1) is 8.91. The van der Waals surface area contributed by atoms with E-state index in [2.05, 4.69) is 21.0 Å². The second-order valence-corrected chi connectivity index (χ2v) is 5.88. The molecular weight excluding hydrogens is 304 g/mol. The Hall–Kier alpha value is -1.42. The van der Waals surface area contributed by atoms with Crippen LogP contribution in [0.4, 0.5) is 0 Å². The number of benzene rings is 1. The van der Waals surface area contributed by atoms with Crippen LogP contribution in [0.25, 0.3) is 0 Å². The number of ketones is 1. The molecule has 0 N–H and O–H groups in total. The third-order valence-electron chi connectivity index (χ3n) is 3.08. The lowest BCUT2D eigenvalue weighted by Gasteiger charge is -2.12. The number of aryl methyl sites for hydroxylation is 2. The molecule has 0 saturated heterocycles. The van der Waals surface area contributed by atoms with Crippen LogP contribution >= 0.6 is 15.9 Å². The highest BCUT2D eigenvalue weighted by Crippen LogP contribution is 2.24. The summed E-state index contributed by atoms with van der Waals surface area (Å²) in [5.74, 6) is 0.00979. The number of hydrogen-bond acceptors (Lipinski definition) is 2. The Morgan fingerprint density at radius 2 is 2.00 bits per heavy atom. The van der Waals surface area contributed by atoms with Gasteiger partial charge in [-0.1, -0.05) is 23.8 Å². The molecule has 3 nitrogen and oxygen atoms in total. The molecule has 0 aliphatic heterocycles. The molecule has 0 spiro atoms. The van der Waals surface area contributed by atoms with Crippen LogP contribution in [0.5, 0.6) is 0 Å². The Morgan fingerprint density at radius 3 is 2.58 bits per heavy atom. The maximum atomic E-state index is 12.7. The molecule has 19 heavy (non-hydrogen) atoms. The molecule has 0 amide bonds. The van der Waals surface area contributed by atoms with Gasteiger partial charge >= 0.3 is 0 Å². The van der Waals surface area contributed by atoms with E-state index in [0.29, 0.717) is 5.69 Å². The van der Waals surface area contributed by atoms with Crippen LogP contribution in [0, 0.1) is 13.8 Å². The Bertz CT molecular complexity index is 629. The molecule has 0 fully saturated rings. The van der Waals surface area contributed by atoms with Crippen LogP contribution in [0.3, 0.4) is 0 Å². The van der Waals surface area contributed by atoms with Crippen molar-refractivity contribution >= 4 is 21.7 Å². The predicted molar refractivity (Wildman–Crippen MR) is 79.7 cm³/mol. The Kier molecular flexibility index (Phi) is 3.90. The number of nitrogens with zero attached hydrogens (tertiary/aromatic N) is 2. The second-order valence-electron chi connectivity index (χ2n) is 5.03. The van der Waals surface area contributed by atoms with Gasteiger partial charge in [-0.2, -0.15) is 5.10 Å². The molecule has 4 heteroatoms. The normalized spacial score (nSPS) is 11.1. The molecule has 0 atom stereocenters. The zero-order chi connectivity index (χ0) is 14.2. The van der Waals surface area contributed by atoms with Crippen molar-refractivity contribution in [3.63, 3.8) is 0 Å². The van der Waals surface area contributed by atoms with Crippen molar-refractivity contribution < 1.29 is 4.79 Å². The maximum absolute atomic E-state index is 12.7. The average molecular weight is 321 g/mol. The lowest BCUT2D eigenvalue weighted by atomic mass is 10.0. The van der Waals surface area contributed by atoms with Gasteiger partial charge in [0.15, 0.2) is 0 Å². The number of carbonyl (C=O) groups excluding carboxylic acids is 1. The molecule has 0 aliphatic rings. The van der Waals surface area contributed by atoms with Crippen molar-refractivity contribution in [1.29, 1.82) is 0 Å². The van der Waals surface area contributed by atoms with Crippen molar-refractivity contribution in [3.8, 4) is 0 Å².